The average Bonchev–Trinajstić information content (AvgIpc) is 2.33. The fourth-order valence-corrected chi connectivity index (χ4v) is 1.17. The first kappa shape index (κ1) is 14.8. The second-order valence-electron chi connectivity index (χ2n) is 4.89. The van der Waals surface area contributed by atoms with Gasteiger partial charge in [-0.05, 0) is 38.8 Å². The quantitative estimate of drug-likeness (QED) is 0.828. The van der Waals surface area contributed by atoms with E-state index in [9.17, 15) is 9.59 Å². The van der Waals surface area contributed by atoms with Gasteiger partial charge in [-0.2, -0.15) is 0 Å². The molecule has 1 amide bonds. The Kier molecular flexibility index (Phi) is 5.13. The van der Waals surface area contributed by atoms with Crippen LogP contribution in [-0.4, -0.2) is 24.0 Å². The lowest BCUT2D eigenvalue weighted by Crippen LogP contribution is -2.35. The summed E-state index contributed by atoms with van der Waals surface area (Å²) in [4.78, 5) is 22.7. The molecule has 1 aromatic carbocycles. The van der Waals surface area contributed by atoms with Crippen molar-refractivity contribution in [2.24, 2.45) is 0 Å². The van der Waals surface area contributed by atoms with Crippen molar-refractivity contribution in [1.82, 2.24) is 5.32 Å². The zero-order chi connectivity index (χ0) is 14.3. The summed E-state index contributed by atoms with van der Waals surface area (Å²) in [6.45, 7) is 5.10. The van der Waals surface area contributed by atoms with Gasteiger partial charge in [-0.25, -0.2) is 4.79 Å². The highest BCUT2D eigenvalue weighted by Crippen LogP contribution is 2.06. The lowest BCUT2D eigenvalue weighted by Gasteiger charge is -2.19. The van der Waals surface area contributed by atoms with Gasteiger partial charge in [-0.1, -0.05) is 24.1 Å². The molecule has 0 fully saturated rings. The number of nitrogens with one attached hydrogen (secondary N) is 1. The summed E-state index contributed by atoms with van der Waals surface area (Å²) in [5.41, 5.74) is 0.177. The average molecular weight is 259 g/mol. The van der Waals surface area contributed by atoms with Crippen LogP contribution in [0, 0.1) is 11.8 Å². The van der Waals surface area contributed by atoms with Crippen LogP contribution in [0.15, 0.2) is 30.3 Å². The molecule has 0 atom stereocenters. The van der Waals surface area contributed by atoms with E-state index in [0.29, 0.717) is 0 Å². The molecule has 0 bridgehead atoms. The molecule has 0 spiro atoms. The highest BCUT2D eigenvalue weighted by molar-refractivity contribution is 5.98. The van der Waals surface area contributed by atoms with Crippen molar-refractivity contribution in [2.45, 2.75) is 26.4 Å². The Bertz CT molecular complexity index is 504. The molecule has 4 nitrogen and oxygen atoms in total. The second kappa shape index (κ2) is 6.60. The minimum Gasteiger partial charge on any atom is -0.444 e. The van der Waals surface area contributed by atoms with Crippen LogP contribution in [0.2, 0.25) is 0 Å². The monoisotopic (exact) mass is 259 g/mol. The van der Waals surface area contributed by atoms with Crippen molar-refractivity contribution in [1.29, 1.82) is 0 Å². The Morgan fingerprint density at radius 3 is 2.42 bits per heavy atom. The number of hydrogen-bond donors (Lipinski definition) is 1. The molecule has 0 aliphatic rings. The maximum Gasteiger partial charge on any atom is 0.408 e. The fraction of sp³-hybridized carbons (Fsp3) is 0.333. The van der Waals surface area contributed by atoms with Gasteiger partial charge in [0.2, 0.25) is 5.78 Å². The zero-order valence-electron chi connectivity index (χ0n) is 11.3. The van der Waals surface area contributed by atoms with Gasteiger partial charge in [0, 0.05) is 5.56 Å². The minimum absolute atomic E-state index is 0.158. The Morgan fingerprint density at radius 1 is 1.21 bits per heavy atom. The Labute approximate surface area is 113 Å². The van der Waals surface area contributed by atoms with E-state index in [1.807, 2.05) is 30.3 Å². The summed E-state index contributed by atoms with van der Waals surface area (Å²) in [6, 6.07) is 9.17. The molecule has 0 aliphatic heterocycles. The maximum absolute atomic E-state index is 11.4. The molecule has 0 saturated heterocycles. The Hall–Kier alpha value is -2.28. The number of benzene rings is 1. The van der Waals surface area contributed by atoms with Crippen molar-refractivity contribution < 1.29 is 14.3 Å². The van der Waals surface area contributed by atoms with Crippen LogP contribution in [-0.2, 0) is 9.53 Å². The van der Waals surface area contributed by atoms with Gasteiger partial charge >= 0.3 is 6.09 Å². The Morgan fingerprint density at radius 2 is 1.84 bits per heavy atom. The van der Waals surface area contributed by atoms with Crippen molar-refractivity contribution in [3.8, 4) is 11.8 Å². The molecular weight excluding hydrogens is 242 g/mol. The molecule has 1 aromatic rings. The molecule has 4 heteroatoms. The van der Waals surface area contributed by atoms with Gasteiger partial charge < -0.3 is 10.1 Å². The molecular formula is C15H17NO3. The summed E-state index contributed by atoms with van der Waals surface area (Å²) in [5.74, 6) is 4.82. The number of Topliss-reactive ketones (excluding diaryl/α,β-unsaturated/α-hetero) is 1. The van der Waals surface area contributed by atoms with E-state index in [2.05, 4.69) is 17.2 Å². The molecule has 0 aromatic heterocycles. The number of carbonyl (C=O) groups excluding carboxylic acids is 2. The highest BCUT2D eigenvalue weighted by atomic mass is 16.6. The first-order valence-corrected chi connectivity index (χ1v) is 5.93. The van der Waals surface area contributed by atoms with Crippen molar-refractivity contribution >= 4 is 11.9 Å². The van der Waals surface area contributed by atoms with Gasteiger partial charge in [0.05, 0.1) is 6.54 Å². The minimum atomic E-state index is -0.623. The van der Waals surface area contributed by atoms with Crippen LogP contribution in [0.5, 0.6) is 0 Å². The number of ketones is 1. The van der Waals surface area contributed by atoms with E-state index in [-0.39, 0.29) is 12.3 Å². The van der Waals surface area contributed by atoms with E-state index >= 15 is 0 Å². The topological polar surface area (TPSA) is 55.4 Å². The largest absolute Gasteiger partial charge is 0.444 e. The summed E-state index contributed by atoms with van der Waals surface area (Å²) in [6.07, 6.45) is -0.623. The van der Waals surface area contributed by atoms with Gasteiger partial charge in [-0.15, -0.1) is 0 Å². The van der Waals surface area contributed by atoms with E-state index in [1.165, 1.54) is 0 Å². The number of hydrogen-bond acceptors (Lipinski definition) is 3. The van der Waals surface area contributed by atoms with Gasteiger partial charge in [0.1, 0.15) is 5.60 Å². The molecule has 19 heavy (non-hydrogen) atoms. The number of rotatable bonds is 2. The van der Waals surface area contributed by atoms with Crippen LogP contribution in [0.3, 0.4) is 0 Å². The molecule has 0 aliphatic carbocycles. The van der Waals surface area contributed by atoms with Crippen molar-refractivity contribution in [2.75, 3.05) is 6.54 Å². The van der Waals surface area contributed by atoms with Crippen LogP contribution in [0.4, 0.5) is 4.79 Å². The van der Waals surface area contributed by atoms with Crippen LogP contribution < -0.4 is 5.32 Å². The van der Waals surface area contributed by atoms with E-state index in [1.54, 1.807) is 20.8 Å². The van der Waals surface area contributed by atoms with Crippen LogP contribution >= 0.6 is 0 Å². The molecule has 0 radical (unpaired) electrons. The first-order valence-electron chi connectivity index (χ1n) is 5.93. The van der Waals surface area contributed by atoms with Crippen molar-refractivity contribution in [3.05, 3.63) is 35.9 Å². The number of alkyl carbamates (subject to hydrolysis) is 1. The van der Waals surface area contributed by atoms with Gasteiger partial charge in [-0.3, -0.25) is 4.79 Å². The zero-order valence-corrected chi connectivity index (χ0v) is 11.3. The first-order chi connectivity index (χ1) is 8.87. The number of amides is 1. The summed E-state index contributed by atoms with van der Waals surface area (Å²) < 4.78 is 5.00. The highest BCUT2D eigenvalue weighted by Gasteiger charge is 2.16. The summed E-state index contributed by atoms with van der Waals surface area (Å²) in [7, 11) is 0. The maximum atomic E-state index is 11.4. The molecule has 100 valence electrons. The molecule has 1 rings (SSSR count). The Balaban J connectivity index is 2.41. The normalized spacial score (nSPS) is 10.1. The molecule has 0 saturated carbocycles. The summed E-state index contributed by atoms with van der Waals surface area (Å²) in [5, 5.41) is 2.36. The van der Waals surface area contributed by atoms with Crippen molar-refractivity contribution in [3.63, 3.8) is 0 Å². The summed E-state index contributed by atoms with van der Waals surface area (Å²) >= 11 is 0. The fourth-order valence-electron chi connectivity index (χ4n) is 1.17. The van der Waals surface area contributed by atoms with E-state index in [0.717, 1.165) is 5.56 Å². The third-order valence-corrected chi connectivity index (χ3v) is 1.91. The van der Waals surface area contributed by atoms with Crippen LogP contribution in [0.1, 0.15) is 26.3 Å². The number of ether oxygens (including phenoxy) is 1. The SMILES string of the molecule is CC(C)(C)OC(=O)NCC(=O)C#Cc1ccccc1. The smallest absolute Gasteiger partial charge is 0.408 e. The van der Waals surface area contributed by atoms with Crippen LogP contribution in [0.25, 0.3) is 0 Å². The molecule has 0 unspecified atom stereocenters. The number of carbonyl (C=O) groups is 2. The predicted molar refractivity (Wildman–Crippen MR) is 72.6 cm³/mol. The standard InChI is InChI=1S/C15H17NO3/c1-15(2,3)19-14(18)16-11-13(17)10-9-12-7-5-4-6-8-12/h4-8H,11H2,1-3H3,(H,16,18). The van der Waals surface area contributed by atoms with E-state index < -0.39 is 11.7 Å². The predicted octanol–water partition coefficient (Wildman–Crippen LogP) is 2.13. The lowest BCUT2D eigenvalue weighted by molar-refractivity contribution is -0.113. The molecule has 0 heterocycles. The third-order valence-electron chi connectivity index (χ3n) is 1.91. The van der Waals surface area contributed by atoms with Gasteiger partial charge in [0.25, 0.3) is 0 Å². The second-order valence-corrected chi connectivity index (χ2v) is 4.89. The third kappa shape index (κ3) is 6.89. The van der Waals surface area contributed by atoms with Gasteiger partial charge in [0.15, 0.2) is 0 Å². The van der Waals surface area contributed by atoms with E-state index in [4.69, 9.17) is 4.74 Å². The molecule has 1 N–H and O–H groups in total. The lowest BCUT2D eigenvalue weighted by atomic mass is 10.2.